The number of halogens is 4. The summed E-state index contributed by atoms with van der Waals surface area (Å²) in [5, 5.41) is 2.91. The smallest absolute Gasteiger partial charge is 0.375 e. The average Bonchev–Trinajstić information content (AvgIpc) is 2.84. The molecule has 1 N–H and O–H groups in total. The normalized spacial score (nSPS) is 11.5. The molecule has 2 aromatic rings. The van der Waals surface area contributed by atoms with Crippen molar-refractivity contribution in [3.05, 3.63) is 40.7 Å². The van der Waals surface area contributed by atoms with Crippen molar-refractivity contribution in [2.45, 2.75) is 12.7 Å². The Morgan fingerprint density at radius 2 is 2.00 bits per heavy atom. The standard InChI is InChI=1S/C13H13F4N3S/c1-20(2)10-4-3-8(5-9(10)14)6-18-12-19-7-11(21-12)13(15,16)17/h3-5,7H,6H2,1-2H3,(H,18,19). The minimum atomic E-state index is -4.39. The Bertz CT molecular complexity index is 622. The molecule has 0 bridgehead atoms. The number of aromatic nitrogens is 1. The topological polar surface area (TPSA) is 28.2 Å². The molecule has 0 atom stereocenters. The van der Waals surface area contributed by atoms with Crippen molar-refractivity contribution >= 4 is 22.2 Å². The van der Waals surface area contributed by atoms with Crippen molar-refractivity contribution in [2.75, 3.05) is 24.3 Å². The van der Waals surface area contributed by atoms with E-state index in [-0.39, 0.29) is 17.5 Å². The Balaban J connectivity index is 2.03. The number of hydrogen-bond donors (Lipinski definition) is 1. The monoisotopic (exact) mass is 319 g/mol. The van der Waals surface area contributed by atoms with Crippen LogP contribution < -0.4 is 10.2 Å². The summed E-state index contributed by atoms with van der Waals surface area (Å²) in [4.78, 5) is 4.53. The van der Waals surface area contributed by atoms with Gasteiger partial charge in [-0.25, -0.2) is 9.37 Å². The van der Waals surface area contributed by atoms with E-state index in [1.807, 2.05) is 0 Å². The van der Waals surface area contributed by atoms with Gasteiger partial charge in [-0.2, -0.15) is 13.2 Å². The molecule has 0 spiro atoms. The lowest BCUT2D eigenvalue weighted by Crippen LogP contribution is -2.11. The molecule has 1 aromatic heterocycles. The zero-order valence-corrected chi connectivity index (χ0v) is 12.1. The fourth-order valence-electron chi connectivity index (χ4n) is 1.69. The van der Waals surface area contributed by atoms with Gasteiger partial charge in [0.1, 0.15) is 10.7 Å². The van der Waals surface area contributed by atoms with E-state index in [2.05, 4.69) is 10.3 Å². The summed E-state index contributed by atoms with van der Waals surface area (Å²) in [5.41, 5.74) is 1.08. The molecule has 1 heterocycles. The van der Waals surface area contributed by atoms with E-state index in [0.717, 1.165) is 6.20 Å². The van der Waals surface area contributed by atoms with Crippen molar-refractivity contribution in [1.82, 2.24) is 4.98 Å². The van der Waals surface area contributed by atoms with Gasteiger partial charge in [-0.1, -0.05) is 17.4 Å². The zero-order valence-electron chi connectivity index (χ0n) is 11.3. The maximum absolute atomic E-state index is 13.8. The molecule has 0 aliphatic heterocycles. The van der Waals surface area contributed by atoms with Gasteiger partial charge in [-0.15, -0.1) is 0 Å². The first kappa shape index (κ1) is 15.6. The number of rotatable bonds is 4. The molecule has 0 saturated heterocycles. The molecule has 2 rings (SSSR count). The fraction of sp³-hybridized carbons (Fsp3) is 0.308. The number of thiazole rings is 1. The Labute approximate surface area is 123 Å². The van der Waals surface area contributed by atoms with E-state index in [0.29, 0.717) is 22.6 Å². The molecule has 0 aliphatic carbocycles. The summed E-state index contributed by atoms with van der Waals surface area (Å²) in [5.74, 6) is -0.380. The molecule has 0 saturated carbocycles. The lowest BCUT2D eigenvalue weighted by molar-refractivity contribution is -0.134. The summed E-state index contributed by atoms with van der Waals surface area (Å²) < 4.78 is 51.0. The first-order chi connectivity index (χ1) is 9.77. The van der Waals surface area contributed by atoms with E-state index in [1.165, 1.54) is 6.07 Å². The van der Waals surface area contributed by atoms with E-state index >= 15 is 0 Å². The number of alkyl halides is 3. The van der Waals surface area contributed by atoms with Gasteiger partial charge in [0.15, 0.2) is 5.13 Å². The van der Waals surface area contributed by atoms with Crippen molar-refractivity contribution in [3.8, 4) is 0 Å². The highest BCUT2D eigenvalue weighted by Gasteiger charge is 2.33. The third-order valence-electron chi connectivity index (χ3n) is 2.72. The van der Waals surface area contributed by atoms with Crippen LogP contribution in [0.3, 0.4) is 0 Å². The summed E-state index contributed by atoms with van der Waals surface area (Å²) >= 11 is 0.522. The van der Waals surface area contributed by atoms with Crippen LogP contribution in [-0.4, -0.2) is 19.1 Å². The predicted molar refractivity (Wildman–Crippen MR) is 75.2 cm³/mol. The molecule has 8 heteroatoms. The molecule has 0 aliphatic rings. The van der Waals surface area contributed by atoms with E-state index in [9.17, 15) is 17.6 Å². The Morgan fingerprint density at radius 1 is 1.29 bits per heavy atom. The highest BCUT2D eigenvalue weighted by Crippen LogP contribution is 2.35. The maximum atomic E-state index is 13.8. The molecule has 0 amide bonds. The Hall–Kier alpha value is -1.83. The van der Waals surface area contributed by atoms with Crippen LogP contribution in [0.2, 0.25) is 0 Å². The van der Waals surface area contributed by atoms with Crippen LogP contribution in [0.25, 0.3) is 0 Å². The first-order valence-electron chi connectivity index (χ1n) is 6.00. The van der Waals surface area contributed by atoms with Crippen molar-refractivity contribution in [3.63, 3.8) is 0 Å². The molecule has 0 unspecified atom stereocenters. The minimum absolute atomic E-state index is 0.152. The van der Waals surface area contributed by atoms with E-state index in [4.69, 9.17) is 0 Å². The van der Waals surface area contributed by atoms with Gasteiger partial charge in [0.05, 0.1) is 11.9 Å². The summed E-state index contributed by atoms with van der Waals surface area (Å²) in [6.07, 6.45) is -3.61. The van der Waals surface area contributed by atoms with Crippen LogP contribution in [0.1, 0.15) is 10.4 Å². The summed E-state index contributed by atoms with van der Waals surface area (Å²) in [6, 6.07) is 4.68. The van der Waals surface area contributed by atoms with Gasteiger partial charge in [-0.3, -0.25) is 0 Å². The lowest BCUT2D eigenvalue weighted by Gasteiger charge is -2.14. The number of nitrogens with one attached hydrogen (secondary N) is 1. The van der Waals surface area contributed by atoms with Gasteiger partial charge in [0.25, 0.3) is 0 Å². The number of hydrogen-bond acceptors (Lipinski definition) is 4. The van der Waals surface area contributed by atoms with Gasteiger partial charge < -0.3 is 10.2 Å². The highest BCUT2D eigenvalue weighted by molar-refractivity contribution is 7.15. The largest absolute Gasteiger partial charge is 0.427 e. The second kappa shape index (κ2) is 5.88. The van der Waals surface area contributed by atoms with Gasteiger partial charge in [0, 0.05) is 20.6 Å². The molecular weight excluding hydrogens is 306 g/mol. The molecule has 1 aromatic carbocycles. The van der Waals surface area contributed by atoms with Crippen LogP contribution in [-0.2, 0) is 12.7 Å². The van der Waals surface area contributed by atoms with E-state index < -0.39 is 11.1 Å². The van der Waals surface area contributed by atoms with Crippen LogP contribution in [0.4, 0.5) is 28.4 Å². The van der Waals surface area contributed by atoms with Crippen molar-refractivity contribution < 1.29 is 17.6 Å². The minimum Gasteiger partial charge on any atom is -0.375 e. The third kappa shape index (κ3) is 3.84. The van der Waals surface area contributed by atoms with Crippen LogP contribution in [0.5, 0.6) is 0 Å². The van der Waals surface area contributed by atoms with Crippen molar-refractivity contribution in [2.24, 2.45) is 0 Å². The average molecular weight is 319 g/mol. The molecule has 21 heavy (non-hydrogen) atoms. The van der Waals surface area contributed by atoms with Crippen LogP contribution >= 0.6 is 11.3 Å². The Morgan fingerprint density at radius 3 is 2.52 bits per heavy atom. The van der Waals surface area contributed by atoms with Gasteiger partial charge in [0.2, 0.25) is 0 Å². The summed E-state index contributed by atoms with van der Waals surface area (Å²) in [6.45, 7) is 0.204. The zero-order chi connectivity index (χ0) is 15.6. The second-order valence-electron chi connectivity index (χ2n) is 4.56. The van der Waals surface area contributed by atoms with Crippen LogP contribution in [0, 0.1) is 5.82 Å². The van der Waals surface area contributed by atoms with E-state index in [1.54, 1.807) is 31.1 Å². The lowest BCUT2D eigenvalue weighted by atomic mass is 10.2. The first-order valence-corrected chi connectivity index (χ1v) is 6.81. The number of benzene rings is 1. The molecule has 0 fully saturated rings. The molecule has 114 valence electrons. The maximum Gasteiger partial charge on any atom is 0.427 e. The van der Waals surface area contributed by atoms with Gasteiger partial charge in [-0.05, 0) is 17.7 Å². The number of nitrogens with zero attached hydrogens (tertiary/aromatic N) is 2. The second-order valence-corrected chi connectivity index (χ2v) is 5.59. The Kier molecular flexibility index (Phi) is 4.36. The fourth-order valence-corrected chi connectivity index (χ4v) is 2.37. The quantitative estimate of drug-likeness (QED) is 0.864. The summed E-state index contributed by atoms with van der Waals surface area (Å²) in [7, 11) is 3.45. The number of anilines is 2. The molecule has 0 radical (unpaired) electrons. The van der Waals surface area contributed by atoms with Crippen LogP contribution in [0.15, 0.2) is 24.4 Å². The highest BCUT2D eigenvalue weighted by atomic mass is 32.1. The molecule has 3 nitrogen and oxygen atoms in total. The molecular formula is C13H13F4N3S. The van der Waals surface area contributed by atoms with Crippen molar-refractivity contribution in [1.29, 1.82) is 0 Å². The van der Waals surface area contributed by atoms with Gasteiger partial charge >= 0.3 is 6.18 Å². The third-order valence-corrected chi connectivity index (χ3v) is 3.72. The predicted octanol–water partition coefficient (Wildman–Crippen LogP) is 3.98. The SMILES string of the molecule is CN(C)c1ccc(CNc2ncc(C(F)(F)F)s2)cc1F.